The van der Waals surface area contributed by atoms with Crippen molar-refractivity contribution in [2.75, 3.05) is 26.7 Å². The van der Waals surface area contributed by atoms with Crippen molar-refractivity contribution < 1.29 is 15.3 Å². The van der Waals surface area contributed by atoms with Gasteiger partial charge in [0.1, 0.15) is 5.52 Å². The average Bonchev–Trinajstić information content (AvgIpc) is 2.86. The lowest BCUT2D eigenvalue weighted by molar-refractivity contribution is 0.101. The predicted octanol–water partition coefficient (Wildman–Crippen LogP) is -0.966. The summed E-state index contributed by atoms with van der Waals surface area (Å²) in [5.74, 6) is -0.105. The number of hydrogen-bond donors (Lipinski definition) is 3. The van der Waals surface area contributed by atoms with E-state index in [0.29, 0.717) is 24.3 Å². The molecule has 0 aliphatic heterocycles. The van der Waals surface area contributed by atoms with Gasteiger partial charge in [0.05, 0.1) is 31.1 Å². The van der Waals surface area contributed by atoms with Crippen molar-refractivity contribution in [3.63, 3.8) is 0 Å². The molecule has 0 aromatic carbocycles. The number of fused-ring (bicyclic) bond motifs is 1. The highest BCUT2D eigenvalue weighted by molar-refractivity contribution is 5.80. The van der Waals surface area contributed by atoms with Gasteiger partial charge in [-0.25, -0.2) is 4.98 Å². The fourth-order valence-corrected chi connectivity index (χ4v) is 2.53. The summed E-state index contributed by atoms with van der Waals surface area (Å²) in [6, 6.07) is 0. The van der Waals surface area contributed by atoms with Crippen LogP contribution in [0, 0.1) is 6.92 Å². The van der Waals surface area contributed by atoms with E-state index in [2.05, 4.69) is 4.98 Å². The van der Waals surface area contributed by atoms with Crippen LogP contribution in [-0.2, 0) is 13.6 Å². The molecule has 22 heavy (non-hydrogen) atoms. The van der Waals surface area contributed by atoms with Gasteiger partial charge in [0, 0.05) is 20.1 Å². The maximum atomic E-state index is 11.9. The van der Waals surface area contributed by atoms with Crippen molar-refractivity contribution >= 4 is 11.2 Å². The maximum absolute atomic E-state index is 11.9. The van der Waals surface area contributed by atoms with Gasteiger partial charge in [-0.15, -0.1) is 0 Å². The van der Waals surface area contributed by atoms with E-state index in [9.17, 15) is 15.0 Å². The SMILES string of the molecule is Cc1c(O)c2c(ncn2CC(O)CN(C)CCO)n(C)c1=O. The van der Waals surface area contributed by atoms with E-state index < -0.39 is 6.10 Å². The second kappa shape index (κ2) is 6.47. The largest absolute Gasteiger partial charge is 0.505 e. The van der Waals surface area contributed by atoms with Gasteiger partial charge >= 0.3 is 0 Å². The molecule has 0 radical (unpaired) electrons. The third kappa shape index (κ3) is 2.99. The Morgan fingerprint density at radius 3 is 2.77 bits per heavy atom. The van der Waals surface area contributed by atoms with Crippen molar-refractivity contribution in [2.24, 2.45) is 7.05 Å². The number of aliphatic hydroxyl groups is 2. The molecule has 8 heteroatoms. The Labute approximate surface area is 127 Å². The molecule has 122 valence electrons. The molecule has 3 N–H and O–H groups in total. The molecule has 2 heterocycles. The van der Waals surface area contributed by atoms with Crippen LogP contribution in [0.25, 0.3) is 11.2 Å². The first-order valence-corrected chi connectivity index (χ1v) is 7.07. The van der Waals surface area contributed by atoms with Gasteiger partial charge in [-0.2, -0.15) is 0 Å². The standard InChI is InChI=1S/C14H22N4O4/c1-9-12(21)11-13(17(3)14(9)22)15-8-18(11)7-10(20)6-16(2)4-5-19/h8,10,19-21H,4-7H2,1-3H3. The van der Waals surface area contributed by atoms with E-state index in [0.717, 1.165) is 0 Å². The molecule has 1 unspecified atom stereocenters. The fraction of sp³-hybridized carbons (Fsp3) is 0.571. The van der Waals surface area contributed by atoms with Crippen LogP contribution in [0.5, 0.6) is 5.75 Å². The number of hydrogen-bond acceptors (Lipinski definition) is 6. The van der Waals surface area contributed by atoms with Gasteiger partial charge in [-0.05, 0) is 14.0 Å². The van der Waals surface area contributed by atoms with Gasteiger partial charge in [0.15, 0.2) is 11.4 Å². The lowest BCUT2D eigenvalue weighted by Crippen LogP contribution is -2.33. The molecule has 8 nitrogen and oxygen atoms in total. The third-order valence-electron chi connectivity index (χ3n) is 3.75. The normalized spacial score (nSPS) is 13.2. The lowest BCUT2D eigenvalue weighted by atomic mass is 10.2. The van der Waals surface area contributed by atoms with E-state index in [-0.39, 0.29) is 30.0 Å². The van der Waals surface area contributed by atoms with Crippen molar-refractivity contribution in [3.05, 3.63) is 22.2 Å². The first-order valence-electron chi connectivity index (χ1n) is 7.07. The zero-order valence-electron chi connectivity index (χ0n) is 13.0. The van der Waals surface area contributed by atoms with Gasteiger partial charge in [0.2, 0.25) is 0 Å². The smallest absolute Gasteiger partial charge is 0.258 e. The van der Waals surface area contributed by atoms with Crippen molar-refractivity contribution in [3.8, 4) is 5.75 Å². The summed E-state index contributed by atoms with van der Waals surface area (Å²) in [4.78, 5) is 17.9. The zero-order chi connectivity index (χ0) is 16.4. The molecule has 0 bridgehead atoms. The van der Waals surface area contributed by atoms with Crippen LogP contribution >= 0.6 is 0 Å². The molecule has 0 spiro atoms. The highest BCUT2D eigenvalue weighted by Gasteiger charge is 2.18. The number of aryl methyl sites for hydroxylation is 1. The second-order valence-electron chi connectivity index (χ2n) is 5.55. The number of aromatic nitrogens is 3. The molecule has 0 aliphatic carbocycles. The molecule has 0 fully saturated rings. The second-order valence-corrected chi connectivity index (χ2v) is 5.55. The zero-order valence-corrected chi connectivity index (χ0v) is 13.0. The first-order chi connectivity index (χ1) is 10.4. The molecule has 0 amide bonds. The Hall–Kier alpha value is -1.90. The van der Waals surface area contributed by atoms with Crippen molar-refractivity contribution in [2.45, 2.75) is 19.6 Å². The summed E-state index contributed by atoms with van der Waals surface area (Å²) in [7, 11) is 3.40. The van der Waals surface area contributed by atoms with E-state index in [4.69, 9.17) is 5.11 Å². The number of rotatable bonds is 6. The molecule has 2 aromatic rings. The molecule has 0 aliphatic rings. The van der Waals surface area contributed by atoms with E-state index in [1.807, 2.05) is 4.90 Å². The summed E-state index contributed by atoms with van der Waals surface area (Å²) < 4.78 is 3.01. The third-order valence-corrected chi connectivity index (χ3v) is 3.75. The quantitative estimate of drug-likeness (QED) is 0.634. The summed E-state index contributed by atoms with van der Waals surface area (Å²) in [5, 5.41) is 29.2. The molecule has 2 aromatic heterocycles. The Balaban J connectivity index is 2.32. The topological polar surface area (TPSA) is 104 Å². The summed E-state index contributed by atoms with van der Waals surface area (Å²) in [6.07, 6.45) is 0.810. The molecular formula is C14H22N4O4. The fourth-order valence-electron chi connectivity index (χ4n) is 2.53. The van der Waals surface area contributed by atoms with Crippen LogP contribution in [0.2, 0.25) is 0 Å². The van der Waals surface area contributed by atoms with Gasteiger partial charge < -0.3 is 24.8 Å². The van der Waals surface area contributed by atoms with E-state index >= 15 is 0 Å². The van der Waals surface area contributed by atoms with Gasteiger partial charge in [-0.1, -0.05) is 0 Å². The van der Waals surface area contributed by atoms with Crippen LogP contribution in [0.1, 0.15) is 5.56 Å². The van der Waals surface area contributed by atoms with E-state index in [1.165, 1.54) is 10.9 Å². The minimum atomic E-state index is -0.689. The number of likely N-dealkylation sites (N-methyl/N-ethyl adjacent to an activating group) is 1. The number of aliphatic hydroxyl groups excluding tert-OH is 2. The number of aromatic hydroxyl groups is 1. The number of imidazole rings is 1. The monoisotopic (exact) mass is 310 g/mol. The molecular weight excluding hydrogens is 288 g/mol. The molecule has 0 saturated carbocycles. The average molecular weight is 310 g/mol. The Morgan fingerprint density at radius 2 is 2.14 bits per heavy atom. The molecule has 1 atom stereocenters. The molecule has 0 saturated heterocycles. The highest BCUT2D eigenvalue weighted by Crippen LogP contribution is 2.24. The number of pyridine rings is 1. The lowest BCUT2D eigenvalue weighted by Gasteiger charge is -2.20. The van der Waals surface area contributed by atoms with Crippen LogP contribution < -0.4 is 5.56 Å². The van der Waals surface area contributed by atoms with Gasteiger partial charge in [-0.3, -0.25) is 9.36 Å². The van der Waals surface area contributed by atoms with Crippen LogP contribution in [0.4, 0.5) is 0 Å². The number of nitrogens with zero attached hydrogens (tertiary/aromatic N) is 4. The Morgan fingerprint density at radius 1 is 1.45 bits per heavy atom. The summed E-state index contributed by atoms with van der Waals surface area (Å²) >= 11 is 0. The minimum absolute atomic E-state index is 0.0271. The molecule has 2 rings (SSSR count). The first kappa shape index (κ1) is 16.5. The minimum Gasteiger partial charge on any atom is -0.505 e. The van der Waals surface area contributed by atoms with Gasteiger partial charge in [0.25, 0.3) is 5.56 Å². The van der Waals surface area contributed by atoms with E-state index in [1.54, 1.807) is 25.6 Å². The van der Waals surface area contributed by atoms with Crippen LogP contribution in [-0.4, -0.2) is 67.2 Å². The van der Waals surface area contributed by atoms with Crippen LogP contribution in [0.15, 0.2) is 11.1 Å². The highest BCUT2D eigenvalue weighted by atomic mass is 16.3. The van der Waals surface area contributed by atoms with Crippen molar-refractivity contribution in [1.82, 2.24) is 19.0 Å². The summed E-state index contributed by atoms with van der Waals surface area (Å²) in [6.45, 7) is 2.67. The Bertz CT molecular complexity index is 722. The van der Waals surface area contributed by atoms with Crippen LogP contribution in [0.3, 0.4) is 0 Å². The maximum Gasteiger partial charge on any atom is 0.258 e. The van der Waals surface area contributed by atoms with Crippen molar-refractivity contribution in [1.29, 1.82) is 0 Å². The summed E-state index contributed by atoms with van der Waals surface area (Å²) in [5.41, 5.74) is 0.773. The Kier molecular flexibility index (Phi) is 4.84. The predicted molar refractivity (Wildman–Crippen MR) is 82.0 cm³/mol.